The molecule has 31 heavy (non-hydrogen) atoms. The van der Waals surface area contributed by atoms with Gasteiger partial charge in [0, 0.05) is 12.0 Å². The smallest absolute Gasteiger partial charge is 0.386 e. The van der Waals surface area contributed by atoms with Crippen LogP contribution in [0.25, 0.3) is 5.57 Å². The van der Waals surface area contributed by atoms with E-state index in [4.69, 9.17) is 0 Å². The lowest BCUT2D eigenvalue weighted by Crippen LogP contribution is -2.21. The zero-order valence-electron chi connectivity index (χ0n) is 17.5. The molecule has 0 amide bonds. The number of anilines is 1. The number of aryl methyl sites for hydroxylation is 1. The SMILES string of the molecule is C[C@H](Nc1nc(CC[C@H](C)C(F)(F)F)nc(C2=C(F)C(O)CCC2)n1)c1ccccc1. The van der Waals surface area contributed by atoms with Crippen LogP contribution in [0.2, 0.25) is 0 Å². The standard InChI is InChI=1S/C22H26F4N4O/c1-13(22(24,25)26)11-12-18-28-20(16-9-6-10-17(31)19(16)23)30-21(29-18)27-14(2)15-7-4-3-5-8-15/h3-5,7-8,13-14,17,31H,6,9-12H2,1-2H3,(H,27,28,29,30)/t13-,14-,17?/m0/s1. The fourth-order valence-corrected chi connectivity index (χ4v) is 3.40. The Labute approximate surface area is 178 Å². The van der Waals surface area contributed by atoms with Crippen LogP contribution in [0.3, 0.4) is 0 Å². The molecule has 1 aromatic heterocycles. The van der Waals surface area contributed by atoms with Crippen molar-refractivity contribution in [3.63, 3.8) is 0 Å². The van der Waals surface area contributed by atoms with E-state index in [1.807, 2.05) is 37.3 Å². The number of aliphatic hydroxyl groups is 1. The molecule has 5 nitrogen and oxygen atoms in total. The fraction of sp³-hybridized carbons (Fsp3) is 0.500. The predicted molar refractivity (Wildman–Crippen MR) is 110 cm³/mol. The zero-order chi connectivity index (χ0) is 22.6. The van der Waals surface area contributed by atoms with Crippen molar-refractivity contribution in [2.45, 2.75) is 64.3 Å². The number of halogens is 4. The van der Waals surface area contributed by atoms with Crippen LogP contribution in [0.1, 0.15) is 62.8 Å². The molecule has 3 rings (SSSR count). The van der Waals surface area contributed by atoms with E-state index in [1.165, 1.54) is 0 Å². The molecule has 3 atom stereocenters. The van der Waals surface area contributed by atoms with Crippen LogP contribution in [0.15, 0.2) is 36.2 Å². The van der Waals surface area contributed by atoms with Crippen molar-refractivity contribution in [1.29, 1.82) is 0 Å². The van der Waals surface area contributed by atoms with Crippen LogP contribution in [0, 0.1) is 5.92 Å². The molecule has 0 saturated heterocycles. The van der Waals surface area contributed by atoms with Crippen LogP contribution in [0.5, 0.6) is 0 Å². The average molecular weight is 438 g/mol. The Morgan fingerprint density at radius 2 is 1.84 bits per heavy atom. The maximum Gasteiger partial charge on any atom is 0.391 e. The molecule has 0 bridgehead atoms. The summed E-state index contributed by atoms with van der Waals surface area (Å²) in [6, 6.07) is 9.33. The summed E-state index contributed by atoms with van der Waals surface area (Å²) < 4.78 is 53.3. The minimum absolute atomic E-state index is 0.0257. The van der Waals surface area contributed by atoms with Gasteiger partial charge < -0.3 is 10.4 Å². The topological polar surface area (TPSA) is 70.9 Å². The van der Waals surface area contributed by atoms with E-state index in [0.717, 1.165) is 12.5 Å². The number of aliphatic hydroxyl groups excluding tert-OH is 1. The van der Waals surface area contributed by atoms with E-state index in [-0.39, 0.29) is 42.1 Å². The van der Waals surface area contributed by atoms with Gasteiger partial charge in [-0.1, -0.05) is 37.3 Å². The van der Waals surface area contributed by atoms with Crippen molar-refractivity contribution in [3.05, 3.63) is 53.4 Å². The summed E-state index contributed by atoms with van der Waals surface area (Å²) in [5.41, 5.74) is 1.15. The third-order valence-corrected chi connectivity index (χ3v) is 5.44. The molecule has 1 heterocycles. The summed E-state index contributed by atoms with van der Waals surface area (Å²) in [5, 5.41) is 13.0. The van der Waals surface area contributed by atoms with Gasteiger partial charge in [-0.25, -0.2) is 9.37 Å². The highest BCUT2D eigenvalue weighted by Gasteiger charge is 2.35. The fourth-order valence-electron chi connectivity index (χ4n) is 3.40. The molecule has 2 N–H and O–H groups in total. The van der Waals surface area contributed by atoms with Gasteiger partial charge >= 0.3 is 6.18 Å². The second-order valence-corrected chi connectivity index (χ2v) is 7.89. The largest absolute Gasteiger partial charge is 0.391 e. The summed E-state index contributed by atoms with van der Waals surface area (Å²) in [6.45, 7) is 3.01. The van der Waals surface area contributed by atoms with E-state index in [2.05, 4.69) is 20.3 Å². The molecule has 1 aromatic carbocycles. The lowest BCUT2D eigenvalue weighted by Gasteiger charge is -2.20. The maximum absolute atomic E-state index is 14.5. The molecule has 0 aliphatic heterocycles. The summed E-state index contributed by atoms with van der Waals surface area (Å²) >= 11 is 0. The molecule has 1 unspecified atom stereocenters. The molecule has 0 spiro atoms. The van der Waals surface area contributed by atoms with Gasteiger partial charge in [-0.15, -0.1) is 0 Å². The molecule has 0 saturated carbocycles. The number of nitrogens with zero attached hydrogens (tertiary/aromatic N) is 3. The first kappa shape index (κ1) is 23.1. The Bertz CT molecular complexity index is 917. The normalized spacial score (nSPS) is 19.3. The second kappa shape index (κ2) is 9.72. The third kappa shape index (κ3) is 6.00. The summed E-state index contributed by atoms with van der Waals surface area (Å²) in [6.07, 6.45) is -4.51. The van der Waals surface area contributed by atoms with E-state index < -0.39 is 24.0 Å². The van der Waals surface area contributed by atoms with Crippen LogP contribution < -0.4 is 5.32 Å². The van der Waals surface area contributed by atoms with Gasteiger partial charge in [0.2, 0.25) is 5.95 Å². The lowest BCUT2D eigenvalue weighted by molar-refractivity contribution is -0.171. The van der Waals surface area contributed by atoms with E-state index in [9.17, 15) is 22.7 Å². The van der Waals surface area contributed by atoms with Gasteiger partial charge in [-0.05, 0) is 38.2 Å². The quantitative estimate of drug-likeness (QED) is 0.567. The van der Waals surface area contributed by atoms with Crippen molar-refractivity contribution in [1.82, 2.24) is 15.0 Å². The lowest BCUT2D eigenvalue weighted by atomic mass is 9.95. The number of hydrogen-bond donors (Lipinski definition) is 2. The number of alkyl halides is 3. The Kier molecular flexibility index (Phi) is 7.25. The Morgan fingerprint density at radius 3 is 2.52 bits per heavy atom. The number of nitrogens with one attached hydrogen (secondary N) is 1. The van der Waals surface area contributed by atoms with Crippen molar-refractivity contribution < 1.29 is 22.7 Å². The van der Waals surface area contributed by atoms with Gasteiger partial charge in [-0.3, -0.25) is 0 Å². The Hall–Kier alpha value is -2.55. The van der Waals surface area contributed by atoms with Crippen molar-refractivity contribution >= 4 is 11.5 Å². The molecule has 168 valence electrons. The molecule has 0 radical (unpaired) electrons. The van der Waals surface area contributed by atoms with Crippen molar-refractivity contribution in [2.24, 2.45) is 5.92 Å². The van der Waals surface area contributed by atoms with Gasteiger partial charge in [0.25, 0.3) is 0 Å². The number of rotatable bonds is 7. The highest BCUT2D eigenvalue weighted by molar-refractivity contribution is 5.64. The Morgan fingerprint density at radius 1 is 1.13 bits per heavy atom. The molecule has 9 heteroatoms. The highest BCUT2D eigenvalue weighted by Crippen LogP contribution is 2.33. The van der Waals surface area contributed by atoms with Crippen LogP contribution >= 0.6 is 0 Å². The first-order valence-corrected chi connectivity index (χ1v) is 10.3. The van der Waals surface area contributed by atoms with E-state index in [0.29, 0.717) is 19.3 Å². The highest BCUT2D eigenvalue weighted by atomic mass is 19.4. The molecule has 1 aliphatic carbocycles. The predicted octanol–water partition coefficient (Wildman–Crippen LogP) is 5.40. The van der Waals surface area contributed by atoms with Crippen molar-refractivity contribution in [2.75, 3.05) is 5.32 Å². The number of benzene rings is 1. The van der Waals surface area contributed by atoms with Crippen molar-refractivity contribution in [3.8, 4) is 0 Å². The minimum Gasteiger partial charge on any atom is -0.386 e. The van der Waals surface area contributed by atoms with E-state index in [1.54, 1.807) is 0 Å². The van der Waals surface area contributed by atoms with E-state index >= 15 is 0 Å². The zero-order valence-corrected chi connectivity index (χ0v) is 17.5. The van der Waals surface area contributed by atoms with Crippen LogP contribution in [-0.4, -0.2) is 32.3 Å². The first-order chi connectivity index (χ1) is 14.6. The van der Waals surface area contributed by atoms with Gasteiger partial charge in [0.1, 0.15) is 17.8 Å². The molecular weight excluding hydrogens is 412 g/mol. The molecule has 2 aromatic rings. The molecular formula is C22H26F4N4O. The first-order valence-electron chi connectivity index (χ1n) is 10.3. The Balaban J connectivity index is 1.91. The monoisotopic (exact) mass is 438 g/mol. The second-order valence-electron chi connectivity index (χ2n) is 7.89. The summed E-state index contributed by atoms with van der Waals surface area (Å²) in [4.78, 5) is 12.8. The van der Waals surface area contributed by atoms with Gasteiger partial charge in [0.05, 0.1) is 12.0 Å². The summed E-state index contributed by atoms with van der Waals surface area (Å²) in [7, 11) is 0. The number of aromatic nitrogens is 3. The van der Waals surface area contributed by atoms with Crippen LogP contribution in [0.4, 0.5) is 23.5 Å². The average Bonchev–Trinajstić information content (AvgIpc) is 2.73. The summed E-state index contributed by atoms with van der Waals surface area (Å²) in [5.74, 6) is -1.82. The molecule has 1 aliphatic rings. The third-order valence-electron chi connectivity index (χ3n) is 5.44. The van der Waals surface area contributed by atoms with Gasteiger partial charge in [0.15, 0.2) is 5.82 Å². The minimum atomic E-state index is -4.30. The maximum atomic E-state index is 14.5. The molecule has 0 fully saturated rings. The van der Waals surface area contributed by atoms with Crippen LogP contribution in [-0.2, 0) is 6.42 Å². The van der Waals surface area contributed by atoms with Gasteiger partial charge in [-0.2, -0.15) is 23.1 Å². The number of hydrogen-bond acceptors (Lipinski definition) is 5. The number of allylic oxidation sites excluding steroid dienone is 1.